The van der Waals surface area contributed by atoms with Crippen molar-refractivity contribution in [2.24, 2.45) is 0 Å². The summed E-state index contributed by atoms with van der Waals surface area (Å²) in [5.74, 6) is -0.851. The Morgan fingerprint density at radius 3 is 0.804 bits per heavy atom. The molecule has 270 valence electrons. The highest BCUT2D eigenvalue weighted by Crippen LogP contribution is 2.23. The fraction of sp³-hybridized carbons (Fsp3) is 0.895. The van der Waals surface area contributed by atoms with Gasteiger partial charge in [0.25, 0.3) is 0 Å². The van der Waals surface area contributed by atoms with Crippen molar-refractivity contribution in [3.05, 3.63) is 0 Å². The van der Waals surface area contributed by atoms with Crippen molar-refractivity contribution in [2.45, 2.75) is 206 Å². The van der Waals surface area contributed by atoms with Crippen LogP contribution in [0.25, 0.3) is 0 Å². The van der Waals surface area contributed by atoms with E-state index in [0.29, 0.717) is 24.3 Å². The molecule has 0 N–H and O–H groups in total. The van der Waals surface area contributed by atoms with Crippen LogP contribution in [0.2, 0.25) is 0 Å². The number of ether oxygens (including phenoxy) is 2. The van der Waals surface area contributed by atoms with E-state index >= 15 is 0 Å². The van der Waals surface area contributed by atoms with E-state index in [2.05, 4.69) is 13.8 Å². The van der Waals surface area contributed by atoms with Gasteiger partial charge in [-0.1, -0.05) is 190 Å². The SMILES string of the molecule is CCCCCCCCCCCCCCCC(=O)OC(=O)CCSSCCC(=O)OC(=O)CCCCCCCCCCCCCCC. The molecule has 0 aromatic heterocycles. The highest BCUT2D eigenvalue weighted by atomic mass is 33.1. The summed E-state index contributed by atoms with van der Waals surface area (Å²) in [4.78, 5) is 47.6. The summed E-state index contributed by atoms with van der Waals surface area (Å²) in [6, 6.07) is 0. The third-order valence-electron chi connectivity index (χ3n) is 8.29. The van der Waals surface area contributed by atoms with Crippen molar-refractivity contribution in [2.75, 3.05) is 11.5 Å². The first-order valence-electron chi connectivity index (χ1n) is 19.2. The summed E-state index contributed by atoms with van der Waals surface area (Å²) in [5, 5.41) is 0. The Balaban J connectivity index is 3.46. The fourth-order valence-electron chi connectivity index (χ4n) is 5.40. The lowest BCUT2D eigenvalue weighted by atomic mass is 10.0. The van der Waals surface area contributed by atoms with E-state index in [0.717, 1.165) is 38.5 Å². The molecule has 0 unspecified atom stereocenters. The monoisotopic (exact) mass is 686 g/mol. The Labute approximate surface area is 291 Å². The molecule has 0 fully saturated rings. The number of esters is 4. The maximum atomic E-state index is 11.9. The topological polar surface area (TPSA) is 86.7 Å². The van der Waals surface area contributed by atoms with Crippen LogP contribution in [0, 0.1) is 0 Å². The number of hydrogen-bond donors (Lipinski definition) is 0. The van der Waals surface area contributed by atoms with E-state index in [1.807, 2.05) is 0 Å². The van der Waals surface area contributed by atoms with E-state index in [-0.39, 0.29) is 12.8 Å². The zero-order chi connectivity index (χ0) is 33.8. The molecule has 0 atom stereocenters. The van der Waals surface area contributed by atoms with Gasteiger partial charge in [0.15, 0.2) is 0 Å². The van der Waals surface area contributed by atoms with E-state index in [1.54, 1.807) is 0 Å². The minimum atomic E-state index is -0.494. The minimum absolute atomic E-state index is 0.157. The number of carbonyl (C=O) groups is 4. The molecule has 0 spiro atoms. The summed E-state index contributed by atoms with van der Waals surface area (Å²) in [7, 11) is 2.90. The highest BCUT2D eigenvalue weighted by Gasteiger charge is 2.12. The van der Waals surface area contributed by atoms with Crippen LogP contribution in [0.3, 0.4) is 0 Å². The molecule has 0 aliphatic heterocycles. The summed E-state index contributed by atoms with van der Waals surface area (Å²) in [5.41, 5.74) is 0. The molecule has 46 heavy (non-hydrogen) atoms. The lowest BCUT2D eigenvalue weighted by Gasteiger charge is -2.05. The van der Waals surface area contributed by atoms with Crippen molar-refractivity contribution in [1.29, 1.82) is 0 Å². The first-order valence-corrected chi connectivity index (χ1v) is 21.7. The van der Waals surface area contributed by atoms with Gasteiger partial charge in [0.1, 0.15) is 0 Å². The second kappa shape index (κ2) is 36.8. The van der Waals surface area contributed by atoms with Crippen LogP contribution in [0.15, 0.2) is 0 Å². The third-order valence-corrected chi connectivity index (χ3v) is 10.7. The third kappa shape index (κ3) is 35.8. The molecule has 0 amide bonds. The van der Waals surface area contributed by atoms with Gasteiger partial charge in [0, 0.05) is 24.3 Å². The Hall–Kier alpha value is -1.02. The summed E-state index contributed by atoms with van der Waals surface area (Å²) in [6.07, 6.45) is 33.3. The zero-order valence-electron chi connectivity index (χ0n) is 29.9. The van der Waals surface area contributed by atoms with Crippen LogP contribution in [-0.2, 0) is 28.7 Å². The number of hydrogen-bond acceptors (Lipinski definition) is 8. The van der Waals surface area contributed by atoms with Gasteiger partial charge in [0.2, 0.25) is 0 Å². The molecular weight excluding hydrogens is 617 g/mol. The zero-order valence-corrected chi connectivity index (χ0v) is 31.5. The molecule has 0 aromatic carbocycles. The number of unbranched alkanes of at least 4 members (excludes halogenated alkanes) is 24. The van der Waals surface area contributed by atoms with E-state index in [9.17, 15) is 19.2 Å². The first-order chi connectivity index (χ1) is 22.5. The maximum absolute atomic E-state index is 11.9. The smallest absolute Gasteiger partial charge is 0.314 e. The summed E-state index contributed by atoms with van der Waals surface area (Å²) >= 11 is 0. The molecule has 0 aromatic rings. The van der Waals surface area contributed by atoms with Crippen LogP contribution in [0.5, 0.6) is 0 Å². The normalized spacial score (nSPS) is 11.1. The van der Waals surface area contributed by atoms with Crippen molar-refractivity contribution in [3.8, 4) is 0 Å². The van der Waals surface area contributed by atoms with Gasteiger partial charge in [-0.05, 0) is 12.8 Å². The molecule has 0 aliphatic carbocycles. The second-order valence-corrected chi connectivity index (χ2v) is 15.5. The molecule has 0 aliphatic rings. The molecule has 6 nitrogen and oxygen atoms in total. The predicted molar refractivity (Wildman–Crippen MR) is 197 cm³/mol. The second-order valence-electron chi connectivity index (χ2n) is 12.8. The molecule has 0 saturated heterocycles. The molecule has 0 saturated carbocycles. The molecule has 8 heteroatoms. The fourth-order valence-corrected chi connectivity index (χ4v) is 7.34. The van der Waals surface area contributed by atoms with Crippen LogP contribution in [0.4, 0.5) is 0 Å². The summed E-state index contributed by atoms with van der Waals surface area (Å²) in [6.45, 7) is 4.51. The summed E-state index contributed by atoms with van der Waals surface area (Å²) < 4.78 is 9.84. The number of carbonyl (C=O) groups excluding carboxylic acids is 4. The van der Waals surface area contributed by atoms with Crippen LogP contribution in [0.1, 0.15) is 206 Å². The van der Waals surface area contributed by atoms with Crippen LogP contribution >= 0.6 is 21.6 Å². The Morgan fingerprint density at radius 1 is 0.326 bits per heavy atom. The largest absolute Gasteiger partial charge is 0.393 e. The molecule has 0 radical (unpaired) electrons. The Morgan fingerprint density at radius 2 is 0.543 bits per heavy atom. The van der Waals surface area contributed by atoms with Gasteiger partial charge in [-0.15, -0.1) is 0 Å². The van der Waals surface area contributed by atoms with Crippen LogP contribution < -0.4 is 0 Å². The molecule has 0 rings (SSSR count). The maximum Gasteiger partial charge on any atom is 0.314 e. The van der Waals surface area contributed by atoms with Gasteiger partial charge in [0.05, 0.1) is 12.8 Å². The first kappa shape index (κ1) is 45.0. The van der Waals surface area contributed by atoms with Crippen molar-refractivity contribution < 1.29 is 28.7 Å². The predicted octanol–water partition coefficient (Wildman–Crippen LogP) is 12.3. The lowest BCUT2D eigenvalue weighted by Crippen LogP contribution is -2.13. The standard InChI is InChI=1S/C38H70O6S2/c1-3-5-7-9-11-13-15-17-19-21-23-25-27-29-35(39)43-37(41)31-33-45-46-34-32-38(42)44-36(40)30-28-26-24-22-20-18-16-14-12-10-8-6-4-2/h3-34H2,1-2H3. The molecule has 0 bridgehead atoms. The van der Waals surface area contributed by atoms with Gasteiger partial charge < -0.3 is 9.47 Å². The molecule has 0 heterocycles. The van der Waals surface area contributed by atoms with Crippen LogP contribution in [-0.4, -0.2) is 35.4 Å². The van der Waals surface area contributed by atoms with Crippen molar-refractivity contribution >= 4 is 45.5 Å². The Bertz CT molecular complexity index is 670. The van der Waals surface area contributed by atoms with Gasteiger partial charge in [-0.2, -0.15) is 0 Å². The van der Waals surface area contributed by atoms with Crippen molar-refractivity contribution in [1.82, 2.24) is 0 Å². The quantitative estimate of drug-likeness (QED) is 0.0282. The van der Waals surface area contributed by atoms with Crippen molar-refractivity contribution in [3.63, 3.8) is 0 Å². The Kier molecular flexibility index (Phi) is 36.0. The average Bonchev–Trinajstić information content (AvgIpc) is 3.03. The van der Waals surface area contributed by atoms with E-state index < -0.39 is 23.9 Å². The van der Waals surface area contributed by atoms with Gasteiger partial charge in [-0.3, -0.25) is 19.2 Å². The average molecular weight is 687 g/mol. The minimum Gasteiger partial charge on any atom is -0.393 e. The van der Waals surface area contributed by atoms with Gasteiger partial charge >= 0.3 is 23.9 Å². The van der Waals surface area contributed by atoms with Gasteiger partial charge in [-0.25, -0.2) is 0 Å². The van der Waals surface area contributed by atoms with E-state index in [1.165, 1.54) is 150 Å². The van der Waals surface area contributed by atoms with E-state index in [4.69, 9.17) is 9.47 Å². The number of rotatable bonds is 35. The molecular formula is C38H70O6S2. The lowest BCUT2D eigenvalue weighted by molar-refractivity contribution is -0.161. The highest BCUT2D eigenvalue weighted by molar-refractivity contribution is 8.76.